The number of aromatic hydroxyl groups is 2. The van der Waals surface area contributed by atoms with E-state index in [0.717, 1.165) is 30.3 Å². The molecule has 0 fully saturated rings. The normalized spacial score (nSPS) is 12.2. The Labute approximate surface area is 227 Å². The average molecular weight is 613 g/mol. The Hall–Kier alpha value is -4.76. The number of nitrogens with zero attached hydrogens (tertiary/aromatic N) is 6. The molecule has 21 heteroatoms. The molecule has 0 aliphatic heterocycles. The van der Waals surface area contributed by atoms with Gasteiger partial charge in [0.1, 0.15) is 22.0 Å². The Kier molecular flexibility index (Phi) is 7.13. The van der Waals surface area contributed by atoms with E-state index < -0.39 is 63.5 Å². The fourth-order valence-corrected chi connectivity index (χ4v) is 4.72. The Morgan fingerprint density at radius 3 is 2.27 bits per heavy atom. The number of aromatic nitrogens is 3. The largest absolute Gasteiger partial charge is 0.506 e. The number of non-ortho nitro benzene ring substituents is 1. The Balaban J connectivity index is 2.04. The predicted molar refractivity (Wildman–Crippen MR) is 137 cm³/mol. The number of nitrogens with one attached hydrogen (secondary N) is 1. The summed E-state index contributed by atoms with van der Waals surface area (Å²) in [5, 5.41) is 40.7. The van der Waals surface area contributed by atoms with Gasteiger partial charge in [0, 0.05) is 17.5 Å². The molecule has 0 unspecified atom stereocenters. The van der Waals surface area contributed by atoms with Crippen molar-refractivity contribution in [2.24, 2.45) is 10.2 Å². The summed E-state index contributed by atoms with van der Waals surface area (Å²) in [6.45, 7) is 0. The lowest BCUT2D eigenvalue weighted by atomic mass is 10.1. The highest BCUT2D eigenvalue weighted by atomic mass is 35.5. The van der Waals surface area contributed by atoms with Gasteiger partial charge in [-0.25, -0.2) is 0 Å². The van der Waals surface area contributed by atoms with Crippen molar-refractivity contribution in [3.63, 3.8) is 0 Å². The van der Waals surface area contributed by atoms with Crippen LogP contribution < -0.4 is 11.1 Å². The van der Waals surface area contributed by atoms with Crippen LogP contribution in [0.5, 0.6) is 11.5 Å². The van der Waals surface area contributed by atoms with Crippen LogP contribution in [-0.2, 0) is 20.2 Å². The summed E-state index contributed by atoms with van der Waals surface area (Å²) in [5.41, 5.74) is 3.23. The van der Waals surface area contributed by atoms with Crippen LogP contribution in [-0.4, -0.2) is 56.0 Å². The topological polar surface area (TPSA) is 294 Å². The number of azo groups is 1. The van der Waals surface area contributed by atoms with Crippen LogP contribution in [0.25, 0.3) is 10.8 Å². The van der Waals surface area contributed by atoms with Crippen LogP contribution in [0.2, 0.25) is 5.28 Å². The molecule has 0 atom stereocenters. The number of benzene rings is 3. The lowest BCUT2D eigenvalue weighted by Gasteiger charge is -2.15. The molecule has 0 spiro atoms. The van der Waals surface area contributed by atoms with E-state index in [-0.39, 0.29) is 33.6 Å². The van der Waals surface area contributed by atoms with Gasteiger partial charge in [-0.15, -0.1) is 10.2 Å². The van der Waals surface area contributed by atoms with Crippen molar-refractivity contribution >= 4 is 77.3 Å². The van der Waals surface area contributed by atoms with Crippen molar-refractivity contribution in [3.8, 4) is 11.5 Å². The zero-order chi connectivity index (χ0) is 29.6. The van der Waals surface area contributed by atoms with E-state index in [0.29, 0.717) is 6.07 Å². The fraction of sp³-hybridized carbons (Fsp3) is 0. The van der Waals surface area contributed by atoms with E-state index in [2.05, 4.69) is 30.5 Å². The average Bonchev–Trinajstić information content (AvgIpc) is 2.82. The molecule has 1 heterocycles. The summed E-state index contributed by atoms with van der Waals surface area (Å²) in [6, 6.07) is 4.94. The van der Waals surface area contributed by atoms with Gasteiger partial charge in [-0.05, 0) is 41.3 Å². The number of hydrogen-bond acceptors (Lipinski definition) is 15. The van der Waals surface area contributed by atoms with Crippen molar-refractivity contribution in [1.29, 1.82) is 0 Å². The maximum Gasteiger partial charge on any atom is 0.296 e. The minimum absolute atomic E-state index is 0.355. The molecule has 18 nitrogen and oxygen atoms in total. The second kappa shape index (κ2) is 10.1. The van der Waals surface area contributed by atoms with Crippen LogP contribution in [0, 0.1) is 10.1 Å². The standard InChI is InChI=1S/C19H13ClN8O10S2/c20-17-23-18(21)25-19(24-17)22-11-6-9(39(33,34)35)3-7-4-13(40(36,37)38)15(16(30)14(7)11)27-26-10-5-8(28(31)32)1-2-12(10)29/h1-6,29-30H,(H,33,34,35)(H,36,37,38)(H3,21,22,23,24,25)/b27-26+. The molecule has 1 aromatic heterocycles. The summed E-state index contributed by atoms with van der Waals surface area (Å²) in [4.78, 5) is 19.4. The second-order valence-electron chi connectivity index (χ2n) is 7.63. The Morgan fingerprint density at radius 2 is 1.68 bits per heavy atom. The highest BCUT2D eigenvalue weighted by Crippen LogP contribution is 2.46. The number of nitro groups is 1. The van der Waals surface area contributed by atoms with Crippen LogP contribution in [0.1, 0.15) is 0 Å². The maximum absolute atomic E-state index is 12.2. The summed E-state index contributed by atoms with van der Waals surface area (Å²) in [5.74, 6) is -2.35. The molecule has 0 saturated heterocycles. The van der Waals surface area contributed by atoms with Gasteiger partial charge in [0.2, 0.25) is 17.2 Å². The lowest BCUT2D eigenvalue weighted by Crippen LogP contribution is -2.06. The minimum atomic E-state index is -5.20. The van der Waals surface area contributed by atoms with Gasteiger partial charge in [-0.2, -0.15) is 31.8 Å². The number of rotatable bonds is 7. The van der Waals surface area contributed by atoms with E-state index in [9.17, 15) is 46.3 Å². The van der Waals surface area contributed by atoms with Crippen molar-refractivity contribution in [3.05, 3.63) is 51.8 Å². The number of nitrogen functional groups attached to an aromatic ring is 1. The van der Waals surface area contributed by atoms with E-state index >= 15 is 0 Å². The van der Waals surface area contributed by atoms with Gasteiger partial charge in [0.25, 0.3) is 25.9 Å². The molecule has 4 rings (SSSR count). The molecule has 0 saturated carbocycles. The molecule has 40 heavy (non-hydrogen) atoms. The summed E-state index contributed by atoms with van der Waals surface area (Å²) in [7, 11) is -10.1. The first kappa shape index (κ1) is 28.3. The number of hydrogen-bond donors (Lipinski definition) is 6. The quantitative estimate of drug-likeness (QED) is 0.0755. The first-order valence-corrected chi connectivity index (χ1v) is 13.4. The van der Waals surface area contributed by atoms with E-state index in [1.807, 2.05) is 0 Å². The van der Waals surface area contributed by atoms with E-state index in [4.69, 9.17) is 17.3 Å². The highest BCUT2D eigenvalue weighted by Gasteiger charge is 2.26. The van der Waals surface area contributed by atoms with Crippen molar-refractivity contribution in [2.75, 3.05) is 11.1 Å². The van der Waals surface area contributed by atoms with Crippen LogP contribution in [0.3, 0.4) is 0 Å². The number of fused-ring (bicyclic) bond motifs is 1. The fourth-order valence-electron chi connectivity index (χ4n) is 3.35. The van der Waals surface area contributed by atoms with Crippen LogP contribution in [0.4, 0.5) is 34.6 Å². The van der Waals surface area contributed by atoms with Crippen LogP contribution >= 0.6 is 11.6 Å². The van der Waals surface area contributed by atoms with Gasteiger partial charge in [-0.1, -0.05) is 0 Å². The third-order valence-electron chi connectivity index (χ3n) is 5.00. The van der Waals surface area contributed by atoms with Crippen molar-refractivity contribution in [2.45, 2.75) is 9.79 Å². The van der Waals surface area contributed by atoms with Crippen molar-refractivity contribution < 1.29 is 41.1 Å². The van der Waals surface area contributed by atoms with Gasteiger partial charge in [0.05, 0.1) is 15.5 Å². The highest BCUT2D eigenvalue weighted by molar-refractivity contribution is 7.86. The molecule has 0 aliphatic rings. The van der Waals surface area contributed by atoms with Crippen molar-refractivity contribution in [1.82, 2.24) is 15.0 Å². The molecule has 3 aromatic carbocycles. The third-order valence-corrected chi connectivity index (χ3v) is 6.87. The molecule has 7 N–H and O–H groups in total. The minimum Gasteiger partial charge on any atom is -0.506 e. The molecular weight excluding hydrogens is 600 g/mol. The Morgan fingerprint density at radius 1 is 0.975 bits per heavy atom. The maximum atomic E-state index is 12.2. The van der Waals surface area contributed by atoms with Crippen LogP contribution in [0.15, 0.2) is 56.4 Å². The molecule has 4 aromatic rings. The molecule has 0 amide bonds. The lowest BCUT2D eigenvalue weighted by molar-refractivity contribution is -0.384. The molecule has 0 radical (unpaired) electrons. The smallest absolute Gasteiger partial charge is 0.296 e. The number of nitro benzene ring substituents is 1. The van der Waals surface area contributed by atoms with Gasteiger partial charge in [-0.3, -0.25) is 19.2 Å². The predicted octanol–water partition coefficient (Wildman–Crippen LogP) is 3.23. The van der Waals surface area contributed by atoms with Gasteiger partial charge in [0.15, 0.2) is 5.75 Å². The number of phenolic OH excluding ortho intramolecular Hbond substituents is 2. The summed E-state index contributed by atoms with van der Waals surface area (Å²) in [6.07, 6.45) is 0. The molecule has 0 bridgehead atoms. The summed E-state index contributed by atoms with van der Waals surface area (Å²) < 4.78 is 67.5. The number of halogens is 1. The molecule has 208 valence electrons. The summed E-state index contributed by atoms with van der Waals surface area (Å²) >= 11 is 5.76. The Bertz CT molecular complexity index is 1950. The number of phenols is 2. The zero-order valence-corrected chi connectivity index (χ0v) is 21.5. The first-order valence-electron chi connectivity index (χ1n) is 10.2. The number of anilines is 3. The second-order valence-corrected chi connectivity index (χ2v) is 10.8. The molecule has 0 aliphatic carbocycles. The van der Waals surface area contributed by atoms with Gasteiger partial charge < -0.3 is 21.3 Å². The third kappa shape index (κ3) is 5.79. The first-order chi connectivity index (χ1) is 18.5. The number of nitrogens with two attached hydrogens (primary N) is 1. The van der Waals surface area contributed by atoms with E-state index in [1.165, 1.54) is 0 Å². The molecular formula is C19H13ClN8O10S2. The SMILES string of the molecule is Nc1nc(Cl)nc(Nc2cc(S(=O)(=O)O)cc3cc(S(=O)(=O)O)c(/N=N/c4cc([N+](=O)[O-])ccc4O)c(O)c23)n1. The zero-order valence-electron chi connectivity index (χ0n) is 19.2. The van der Waals surface area contributed by atoms with E-state index in [1.54, 1.807) is 0 Å². The van der Waals surface area contributed by atoms with Gasteiger partial charge >= 0.3 is 0 Å². The monoisotopic (exact) mass is 612 g/mol.